The van der Waals surface area contributed by atoms with E-state index in [1.807, 2.05) is 30.5 Å². The third-order valence-corrected chi connectivity index (χ3v) is 3.86. The molecule has 122 valence electrons. The van der Waals surface area contributed by atoms with E-state index >= 15 is 0 Å². The molecule has 5 heteroatoms. The minimum absolute atomic E-state index is 0.0903. The maximum atomic E-state index is 12.6. The molecule has 1 aromatic heterocycles. The zero-order valence-electron chi connectivity index (χ0n) is 13.7. The maximum absolute atomic E-state index is 12.6. The van der Waals surface area contributed by atoms with Gasteiger partial charge in [0.15, 0.2) is 0 Å². The number of rotatable bonds is 4. The van der Waals surface area contributed by atoms with Crippen LogP contribution in [-0.4, -0.2) is 28.7 Å². The average Bonchev–Trinajstić information content (AvgIpc) is 2.97. The molecular weight excluding hydrogens is 302 g/mol. The van der Waals surface area contributed by atoms with Gasteiger partial charge < -0.3 is 15.2 Å². The fourth-order valence-corrected chi connectivity index (χ4v) is 2.74. The van der Waals surface area contributed by atoms with E-state index in [-0.39, 0.29) is 11.8 Å². The first-order valence-electron chi connectivity index (χ1n) is 7.72. The number of amides is 2. The molecule has 3 aromatic rings. The number of H-pyrrole nitrogens is 1. The number of carbonyl (C=O) groups excluding carboxylic acids is 2. The van der Waals surface area contributed by atoms with Crippen molar-refractivity contribution in [3.05, 3.63) is 65.9 Å². The molecule has 0 bridgehead atoms. The van der Waals surface area contributed by atoms with Gasteiger partial charge in [-0.2, -0.15) is 0 Å². The highest BCUT2D eigenvalue weighted by Gasteiger charge is 2.14. The highest BCUT2D eigenvalue weighted by Crippen LogP contribution is 2.20. The number of nitrogens with one attached hydrogen (secondary N) is 2. The van der Waals surface area contributed by atoms with Gasteiger partial charge in [0.05, 0.1) is 0 Å². The third kappa shape index (κ3) is 3.30. The van der Waals surface area contributed by atoms with Crippen LogP contribution in [0.25, 0.3) is 10.9 Å². The topological polar surface area (TPSA) is 65.2 Å². The lowest BCUT2D eigenvalue weighted by Crippen LogP contribution is -2.26. The highest BCUT2D eigenvalue weighted by molar-refractivity contribution is 5.97. The number of fused-ring (bicyclic) bond motifs is 1. The molecule has 0 aliphatic heterocycles. The molecule has 0 unspecified atom stereocenters. The second kappa shape index (κ2) is 6.58. The number of aromatic nitrogens is 1. The Morgan fingerprint density at radius 3 is 2.71 bits per heavy atom. The second-order valence-corrected chi connectivity index (χ2v) is 5.78. The average molecular weight is 321 g/mol. The normalized spacial score (nSPS) is 10.6. The fourth-order valence-electron chi connectivity index (χ4n) is 2.74. The number of nitrogens with zero attached hydrogens (tertiary/aromatic N) is 1. The van der Waals surface area contributed by atoms with Crippen molar-refractivity contribution >= 4 is 28.4 Å². The maximum Gasteiger partial charge on any atom is 0.253 e. The Morgan fingerprint density at radius 2 is 1.92 bits per heavy atom. The first-order valence-corrected chi connectivity index (χ1v) is 7.72. The Labute approximate surface area is 140 Å². The minimum Gasteiger partial charge on any atom is -0.361 e. The molecular formula is C19H19N3O2. The van der Waals surface area contributed by atoms with Crippen molar-refractivity contribution in [2.45, 2.75) is 13.5 Å². The fraction of sp³-hybridized carbons (Fsp3) is 0.158. The number of hydrogen-bond donors (Lipinski definition) is 2. The lowest BCUT2D eigenvalue weighted by Gasteiger charge is -2.17. The van der Waals surface area contributed by atoms with Crippen LogP contribution >= 0.6 is 0 Å². The van der Waals surface area contributed by atoms with Crippen LogP contribution in [0.2, 0.25) is 0 Å². The number of benzene rings is 2. The predicted molar refractivity (Wildman–Crippen MR) is 94.8 cm³/mol. The number of para-hydroxylation sites is 1. The molecule has 0 radical (unpaired) electrons. The summed E-state index contributed by atoms with van der Waals surface area (Å²) in [6, 6.07) is 15.0. The molecule has 2 aromatic carbocycles. The third-order valence-electron chi connectivity index (χ3n) is 3.86. The lowest BCUT2D eigenvalue weighted by atomic mass is 10.1. The van der Waals surface area contributed by atoms with Crippen molar-refractivity contribution in [1.82, 2.24) is 9.88 Å². The van der Waals surface area contributed by atoms with Gasteiger partial charge in [-0.15, -0.1) is 0 Å². The van der Waals surface area contributed by atoms with Crippen LogP contribution in [0, 0.1) is 0 Å². The predicted octanol–water partition coefficient (Wildman–Crippen LogP) is 3.40. The van der Waals surface area contributed by atoms with Gasteiger partial charge in [-0.1, -0.05) is 24.3 Å². The number of carbonyl (C=O) groups is 2. The summed E-state index contributed by atoms with van der Waals surface area (Å²) in [5.41, 5.74) is 3.29. The summed E-state index contributed by atoms with van der Waals surface area (Å²) < 4.78 is 0. The molecule has 0 atom stereocenters. The Hall–Kier alpha value is -3.08. The highest BCUT2D eigenvalue weighted by atomic mass is 16.2. The van der Waals surface area contributed by atoms with Crippen molar-refractivity contribution in [3.8, 4) is 0 Å². The van der Waals surface area contributed by atoms with Crippen molar-refractivity contribution in [2.24, 2.45) is 0 Å². The molecule has 0 aliphatic rings. The molecule has 0 aliphatic carbocycles. The SMILES string of the molecule is CC(=O)Nc1cccc(C(=O)N(C)Cc2c[nH]c3ccccc23)c1. The van der Waals surface area contributed by atoms with E-state index in [1.54, 1.807) is 36.2 Å². The molecule has 0 spiro atoms. The molecule has 1 heterocycles. The number of anilines is 1. The van der Waals surface area contributed by atoms with Crippen molar-refractivity contribution in [2.75, 3.05) is 12.4 Å². The van der Waals surface area contributed by atoms with E-state index in [4.69, 9.17) is 0 Å². The lowest BCUT2D eigenvalue weighted by molar-refractivity contribution is -0.114. The van der Waals surface area contributed by atoms with Crippen LogP contribution in [-0.2, 0) is 11.3 Å². The Bertz CT molecular complexity index is 898. The Kier molecular flexibility index (Phi) is 4.33. The first-order chi connectivity index (χ1) is 11.5. The van der Waals surface area contributed by atoms with Crippen molar-refractivity contribution in [3.63, 3.8) is 0 Å². The van der Waals surface area contributed by atoms with Gasteiger partial charge in [-0.3, -0.25) is 9.59 Å². The molecule has 2 N–H and O–H groups in total. The van der Waals surface area contributed by atoms with Crippen LogP contribution in [0.5, 0.6) is 0 Å². The zero-order chi connectivity index (χ0) is 17.1. The van der Waals surface area contributed by atoms with Gasteiger partial charge >= 0.3 is 0 Å². The Balaban J connectivity index is 1.78. The monoisotopic (exact) mass is 321 g/mol. The zero-order valence-corrected chi connectivity index (χ0v) is 13.7. The van der Waals surface area contributed by atoms with Crippen molar-refractivity contribution < 1.29 is 9.59 Å². The van der Waals surface area contributed by atoms with Crippen LogP contribution < -0.4 is 5.32 Å². The first kappa shape index (κ1) is 15.8. The summed E-state index contributed by atoms with van der Waals surface area (Å²) in [4.78, 5) is 28.7. The van der Waals surface area contributed by atoms with E-state index in [1.165, 1.54) is 6.92 Å². The summed E-state index contributed by atoms with van der Waals surface area (Å²) in [6.07, 6.45) is 1.93. The van der Waals surface area contributed by atoms with Gasteiger partial charge in [0.1, 0.15) is 0 Å². The summed E-state index contributed by atoms with van der Waals surface area (Å²) >= 11 is 0. The van der Waals surface area contributed by atoms with Crippen molar-refractivity contribution in [1.29, 1.82) is 0 Å². The molecule has 0 fully saturated rings. The number of hydrogen-bond acceptors (Lipinski definition) is 2. The minimum atomic E-state index is -0.160. The van der Waals surface area contributed by atoms with Crippen LogP contribution in [0.3, 0.4) is 0 Å². The molecule has 24 heavy (non-hydrogen) atoms. The largest absolute Gasteiger partial charge is 0.361 e. The van der Waals surface area contributed by atoms with Gasteiger partial charge in [0, 0.05) is 48.9 Å². The summed E-state index contributed by atoms with van der Waals surface area (Å²) in [5.74, 6) is -0.251. The molecule has 3 rings (SSSR count). The second-order valence-electron chi connectivity index (χ2n) is 5.78. The van der Waals surface area contributed by atoms with Gasteiger partial charge in [0.25, 0.3) is 5.91 Å². The van der Waals surface area contributed by atoms with E-state index in [9.17, 15) is 9.59 Å². The summed E-state index contributed by atoms with van der Waals surface area (Å²) in [6.45, 7) is 1.95. The standard InChI is InChI=1S/C19H19N3O2/c1-13(23)21-16-7-5-6-14(10-16)19(24)22(2)12-15-11-20-18-9-4-3-8-17(15)18/h3-11,20H,12H2,1-2H3,(H,21,23). The quantitative estimate of drug-likeness (QED) is 0.773. The van der Waals surface area contributed by atoms with Crippen LogP contribution in [0.1, 0.15) is 22.8 Å². The van der Waals surface area contributed by atoms with Gasteiger partial charge in [0.2, 0.25) is 5.91 Å². The van der Waals surface area contributed by atoms with E-state index in [0.717, 1.165) is 16.5 Å². The number of aromatic amines is 1. The molecule has 5 nitrogen and oxygen atoms in total. The molecule has 2 amide bonds. The van der Waals surface area contributed by atoms with Gasteiger partial charge in [-0.25, -0.2) is 0 Å². The van der Waals surface area contributed by atoms with Crippen LogP contribution in [0.4, 0.5) is 5.69 Å². The smallest absolute Gasteiger partial charge is 0.253 e. The van der Waals surface area contributed by atoms with E-state index in [2.05, 4.69) is 10.3 Å². The summed E-state index contributed by atoms with van der Waals surface area (Å²) in [5, 5.41) is 3.81. The molecule has 0 saturated carbocycles. The van der Waals surface area contributed by atoms with Crippen LogP contribution in [0.15, 0.2) is 54.7 Å². The molecule has 0 saturated heterocycles. The van der Waals surface area contributed by atoms with E-state index in [0.29, 0.717) is 17.8 Å². The Morgan fingerprint density at radius 1 is 1.12 bits per heavy atom. The summed E-state index contributed by atoms with van der Waals surface area (Å²) in [7, 11) is 1.77. The van der Waals surface area contributed by atoms with Gasteiger partial charge in [-0.05, 0) is 29.8 Å². The van der Waals surface area contributed by atoms with E-state index < -0.39 is 0 Å².